The summed E-state index contributed by atoms with van der Waals surface area (Å²) in [5.41, 5.74) is 0.975. The molecule has 0 heterocycles. The largest absolute Gasteiger partial charge is 0.311 e. The Morgan fingerprint density at radius 3 is 2.25 bits per heavy atom. The van der Waals surface area contributed by atoms with Crippen LogP contribution in [0.2, 0.25) is 0 Å². The number of thioether (sulfide) groups is 2. The van der Waals surface area contributed by atoms with Gasteiger partial charge in [0.05, 0.1) is 0 Å². The maximum Gasteiger partial charge on any atom is 0.250 e. The third kappa shape index (κ3) is 3.19. The van der Waals surface area contributed by atoms with E-state index in [0.717, 1.165) is 5.69 Å². The van der Waals surface area contributed by atoms with Gasteiger partial charge in [0.15, 0.2) is 0 Å². The molecule has 0 fully saturated rings. The normalized spacial score (nSPS) is 10.5. The van der Waals surface area contributed by atoms with Gasteiger partial charge in [-0.05, 0) is 31.6 Å². The van der Waals surface area contributed by atoms with Gasteiger partial charge in [0, 0.05) is 12.2 Å². The summed E-state index contributed by atoms with van der Waals surface area (Å²) in [6.07, 6.45) is 3.94. The summed E-state index contributed by atoms with van der Waals surface area (Å²) < 4.78 is -0.0137. The molecule has 0 atom stereocenters. The Kier molecular flexibility index (Phi) is 5.77. The molecule has 4 heteroatoms. The van der Waals surface area contributed by atoms with Gasteiger partial charge in [-0.25, -0.2) is 0 Å². The van der Waals surface area contributed by atoms with Gasteiger partial charge in [0.1, 0.15) is 4.58 Å². The van der Waals surface area contributed by atoms with E-state index in [0.29, 0.717) is 6.54 Å². The van der Waals surface area contributed by atoms with E-state index in [4.69, 9.17) is 0 Å². The zero-order valence-corrected chi connectivity index (χ0v) is 11.5. The number of amides is 1. The van der Waals surface area contributed by atoms with Crippen molar-refractivity contribution in [2.45, 2.75) is 11.5 Å². The van der Waals surface area contributed by atoms with Gasteiger partial charge in [-0.3, -0.25) is 4.79 Å². The van der Waals surface area contributed by atoms with Gasteiger partial charge in [-0.2, -0.15) is 0 Å². The monoisotopic (exact) mass is 255 g/mol. The first-order chi connectivity index (χ1) is 7.74. The van der Waals surface area contributed by atoms with E-state index in [2.05, 4.69) is 0 Å². The fraction of sp³-hybridized carbons (Fsp3) is 0.417. The number of para-hydroxylation sites is 1. The summed E-state index contributed by atoms with van der Waals surface area (Å²) in [5.74, 6) is 0.175. The van der Waals surface area contributed by atoms with Crippen molar-refractivity contribution in [3.63, 3.8) is 0 Å². The Hall–Kier alpha value is -0.610. The number of anilines is 1. The lowest BCUT2D eigenvalue weighted by Gasteiger charge is -2.24. The number of carbonyl (C=O) groups excluding carboxylic acids is 1. The van der Waals surface area contributed by atoms with Gasteiger partial charge in [-0.15, -0.1) is 23.5 Å². The molecule has 0 N–H and O–H groups in total. The van der Waals surface area contributed by atoms with Crippen LogP contribution in [0.3, 0.4) is 0 Å². The number of hydrogen-bond donors (Lipinski definition) is 0. The lowest BCUT2D eigenvalue weighted by molar-refractivity contribution is -0.116. The second-order valence-electron chi connectivity index (χ2n) is 3.22. The number of hydrogen-bond acceptors (Lipinski definition) is 3. The Bertz CT molecular complexity index is 325. The Balaban J connectivity index is 2.86. The van der Waals surface area contributed by atoms with E-state index in [9.17, 15) is 4.79 Å². The van der Waals surface area contributed by atoms with E-state index in [1.165, 1.54) is 0 Å². The minimum Gasteiger partial charge on any atom is -0.311 e. The fourth-order valence-corrected chi connectivity index (χ4v) is 2.93. The highest BCUT2D eigenvalue weighted by atomic mass is 32.2. The molecular weight excluding hydrogens is 238 g/mol. The van der Waals surface area contributed by atoms with Crippen LogP contribution in [0, 0.1) is 0 Å². The molecule has 0 spiro atoms. The summed E-state index contributed by atoms with van der Waals surface area (Å²) >= 11 is 3.18. The molecule has 0 saturated carbocycles. The van der Waals surface area contributed by atoms with Crippen LogP contribution in [-0.4, -0.2) is 29.5 Å². The molecule has 16 heavy (non-hydrogen) atoms. The van der Waals surface area contributed by atoms with Crippen molar-refractivity contribution in [3.05, 3.63) is 30.3 Å². The third-order valence-corrected chi connectivity index (χ3v) is 4.69. The number of nitrogens with zero attached hydrogens (tertiary/aromatic N) is 1. The average Bonchev–Trinajstić information content (AvgIpc) is 2.33. The smallest absolute Gasteiger partial charge is 0.250 e. The quantitative estimate of drug-likeness (QED) is 0.754. The minimum absolute atomic E-state index is 0.0137. The zero-order chi connectivity index (χ0) is 12.0. The van der Waals surface area contributed by atoms with Crippen molar-refractivity contribution >= 4 is 35.1 Å². The first-order valence-electron chi connectivity index (χ1n) is 5.16. The molecule has 0 aliphatic carbocycles. The first-order valence-corrected chi connectivity index (χ1v) is 7.74. The lowest BCUT2D eigenvalue weighted by Crippen LogP contribution is -2.36. The van der Waals surface area contributed by atoms with Crippen LogP contribution in [0.4, 0.5) is 5.69 Å². The predicted octanol–water partition coefficient (Wildman–Crippen LogP) is 3.09. The highest BCUT2D eigenvalue weighted by molar-refractivity contribution is 8.17. The van der Waals surface area contributed by atoms with Crippen LogP contribution < -0.4 is 4.90 Å². The molecule has 1 rings (SSSR count). The summed E-state index contributed by atoms with van der Waals surface area (Å²) in [7, 11) is 0. The third-order valence-electron chi connectivity index (χ3n) is 2.28. The van der Waals surface area contributed by atoms with Crippen molar-refractivity contribution in [1.82, 2.24) is 0 Å². The van der Waals surface area contributed by atoms with Crippen molar-refractivity contribution in [3.8, 4) is 0 Å². The lowest BCUT2D eigenvalue weighted by atomic mass is 10.3. The second kappa shape index (κ2) is 6.86. The summed E-state index contributed by atoms with van der Waals surface area (Å²) in [4.78, 5) is 14.1. The molecule has 0 aliphatic rings. The molecule has 0 unspecified atom stereocenters. The fourth-order valence-electron chi connectivity index (χ4n) is 1.50. The molecule has 0 bridgehead atoms. The molecule has 0 radical (unpaired) electrons. The number of benzene rings is 1. The molecule has 2 nitrogen and oxygen atoms in total. The second-order valence-corrected chi connectivity index (χ2v) is 5.41. The Morgan fingerprint density at radius 1 is 1.25 bits per heavy atom. The van der Waals surface area contributed by atoms with Crippen molar-refractivity contribution in [2.24, 2.45) is 0 Å². The van der Waals surface area contributed by atoms with Gasteiger partial charge in [0.2, 0.25) is 5.91 Å². The molecule has 0 saturated heterocycles. The SMILES string of the molecule is CCN(C(=O)C(SC)SC)c1ccccc1. The summed E-state index contributed by atoms with van der Waals surface area (Å²) in [5, 5.41) is 0. The highest BCUT2D eigenvalue weighted by Gasteiger charge is 2.22. The zero-order valence-electron chi connectivity index (χ0n) is 9.84. The molecule has 1 amide bonds. The van der Waals surface area contributed by atoms with E-state index in [1.54, 1.807) is 23.5 Å². The topological polar surface area (TPSA) is 20.3 Å². The van der Waals surface area contributed by atoms with Crippen LogP contribution in [-0.2, 0) is 4.79 Å². The van der Waals surface area contributed by atoms with E-state index in [1.807, 2.05) is 54.7 Å². The minimum atomic E-state index is -0.0137. The maximum absolute atomic E-state index is 12.2. The van der Waals surface area contributed by atoms with Crippen LogP contribution in [0.5, 0.6) is 0 Å². The molecule has 0 aromatic heterocycles. The van der Waals surface area contributed by atoms with Crippen molar-refractivity contribution in [2.75, 3.05) is 24.0 Å². The maximum atomic E-state index is 12.2. The van der Waals surface area contributed by atoms with Crippen LogP contribution in [0.25, 0.3) is 0 Å². The standard InChI is InChI=1S/C12H17NOS2/c1-4-13(10-8-6-5-7-9-10)11(14)12(15-2)16-3/h5-9,12H,4H2,1-3H3. The van der Waals surface area contributed by atoms with Gasteiger partial charge < -0.3 is 4.90 Å². The molecule has 1 aromatic carbocycles. The molecule has 0 aliphatic heterocycles. The van der Waals surface area contributed by atoms with Crippen molar-refractivity contribution < 1.29 is 4.79 Å². The van der Waals surface area contributed by atoms with Crippen LogP contribution in [0.1, 0.15) is 6.92 Å². The number of rotatable bonds is 5. The first kappa shape index (κ1) is 13.5. The molecule has 88 valence electrons. The average molecular weight is 255 g/mol. The van der Waals surface area contributed by atoms with Crippen molar-refractivity contribution in [1.29, 1.82) is 0 Å². The molecule has 1 aromatic rings. The van der Waals surface area contributed by atoms with Gasteiger partial charge >= 0.3 is 0 Å². The highest BCUT2D eigenvalue weighted by Crippen LogP contribution is 2.24. The number of carbonyl (C=O) groups is 1. The Morgan fingerprint density at radius 2 is 1.81 bits per heavy atom. The van der Waals surface area contributed by atoms with E-state index in [-0.39, 0.29) is 10.5 Å². The van der Waals surface area contributed by atoms with Gasteiger partial charge in [-0.1, -0.05) is 18.2 Å². The van der Waals surface area contributed by atoms with Gasteiger partial charge in [0.25, 0.3) is 0 Å². The van der Waals surface area contributed by atoms with E-state index < -0.39 is 0 Å². The molecular formula is C12H17NOS2. The summed E-state index contributed by atoms with van der Waals surface area (Å²) in [6.45, 7) is 2.71. The van der Waals surface area contributed by atoms with E-state index >= 15 is 0 Å². The predicted molar refractivity (Wildman–Crippen MR) is 75.3 cm³/mol. The Labute approximate surface area is 106 Å². The van der Waals surface area contributed by atoms with Crippen LogP contribution >= 0.6 is 23.5 Å². The summed E-state index contributed by atoms with van der Waals surface area (Å²) in [6, 6.07) is 9.82. The van der Waals surface area contributed by atoms with Crippen LogP contribution in [0.15, 0.2) is 30.3 Å².